The molecular weight excluding hydrogens is 252 g/mol. The summed E-state index contributed by atoms with van der Waals surface area (Å²) in [5.41, 5.74) is 1.57. The highest BCUT2D eigenvalue weighted by atomic mass is 32.2. The summed E-state index contributed by atoms with van der Waals surface area (Å²) in [5, 5.41) is 2.02. The van der Waals surface area contributed by atoms with Crippen LogP contribution in [0.15, 0.2) is 32.9 Å². The summed E-state index contributed by atoms with van der Waals surface area (Å²) in [7, 11) is 0. The van der Waals surface area contributed by atoms with Crippen LogP contribution in [0.4, 0.5) is 0 Å². The number of carbonyl (C=O) groups excluding carboxylic acids is 1. The van der Waals surface area contributed by atoms with Gasteiger partial charge in [-0.25, -0.2) is 4.98 Å². The summed E-state index contributed by atoms with van der Waals surface area (Å²) in [6.07, 6.45) is 2.22. The maximum absolute atomic E-state index is 11.4. The molecule has 0 aromatic carbocycles. The van der Waals surface area contributed by atoms with Crippen LogP contribution in [-0.2, 0) is 0 Å². The zero-order valence-electron chi connectivity index (χ0n) is 9.64. The lowest BCUT2D eigenvalue weighted by Crippen LogP contribution is -1.99. The number of aromatic nitrogens is 2. The van der Waals surface area contributed by atoms with Gasteiger partial charge in [0.1, 0.15) is 5.69 Å². The highest BCUT2D eigenvalue weighted by Crippen LogP contribution is 2.29. The fourth-order valence-corrected chi connectivity index (χ4v) is 3.05. The van der Waals surface area contributed by atoms with Crippen LogP contribution in [0.2, 0.25) is 0 Å². The van der Waals surface area contributed by atoms with Crippen molar-refractivity contribution < 1.29 is 4.79 Å². The third-order valence-electron chi connectivity index (χ3n) is 2.15. The molecule has 0 aliphatic carbocycles. The summed E-state index contributed by atoms with van der Waals surface area (Å²) in [6, 6.07) is 3.69. The molecule has 0 fully saturated rings. The van der Waals surface area contributed by atoms with Gasteiger partial charge in [-0.2, -0.15) is 0 Å². The first-order chi connectivity index (χ1) is 8.19. The standard InChI is InChI=1S/C12H12N2OS2/c1-3-11(15)10-5-4-9(6-13-10)17-12-14-8(2)7-16-12/h4-7H,3H2,1-2H3. The number of ketones is 1. The quantitative estimate of drug-likeness (QED) is 0.791. The van der Waals surface area contributed by atoms with E-state index < -0.39 is 0 Å². The van der Waals surface area contributed by atoms with Crippen molar-refractivity contribution in [1.82, 2.24) is 9.97 Å². The molecule has 2 rings (SSSR count). The molecule has 0 aliphatic heterocycles. The SMILES string of the molecule is CCC(=O)c1ccc(Sc2nc(C)cs2)cn1. The minimum atomic E-state index is 0.0756. The number of nitrogens with zero attached hydrogens (tertiary/aromatic N) is 2. The van der Waals surface area contributed by atoms with Crippen LogP contribution in [0.1, 0.15) is 29.5 Å². The molecule has 0 atom stereocenters. The molecule has 0 saturated heterocycles. The Morgan fingerprint density at radius 2 is 2.29 bits per heavy atom. The molecule has 0 N–H and O–H groups in total. The molecule has 3 nitrogen and oxygen atoms in total. The molecule has 88 valence electrons. The molecule has 0 aliphatic rings. The van der Waals surface area contributed by atoms with E-state index in [1.165, 1.54) is 0 Å². The van der Waals surface area contributed by atoms with E-state index in [0.717, 1.165) is 14.9 Å². The number of carbonyl (C=O) groups is 1. The van der Waals surface area contributed by atoms with E-state index >= 15 is 0 Å². The zero-order chi connectivity index (χ0) is 12.3. The molecule has 0 saturated carbocycles. The number of pyridine rings is 1. The summed E-state index contributed by atoms with van der Waals surface area (Å²) in [4.78, 5) is 20.9. The average molecular weight is 264 g/mol. The van der Waals surface area contributed by atoms with Crippen molar-refractivity contribution in [2.24, 2.45) is 0 Å². The Hall–Kier alpha value is -1.20. The maximum atomic E-state index is 11.4. The van der Waals surface area contributed by atoms with Gasteiger partial charge in [-0.1, -0.05) is 18.7 Å². The topological polar surface area (TPSA) is 42.9 Å². The van der Waals surface area contributed by atoms with E-state index in [1.807, 2.05) is 25.3 Å². The van der Waals surface area contributed by atoms with Crippen molar-refractivity contribution in [1.29, 1.82) is 0 Å². The maximum Gasteiger partial charge on any atom is 0.180 e. The third kappa shape index (κ3) is 3.14. The van der Waals surface area contributed by atoms with Crippen LogP contribution in [0.3, 0.4) is 0 Å². The summed E-state index contributed by atoms with van der Waals surface area (Å²) in [5.74, 6) is 0.0756. The molecule has 2 aromatic rings. The molecule has 0 radical (unpaired) electrons. The summed E-state index contributed by atoms with van der Waals surface area (Å²) < 4.78 is 0.999. The fourth-order valence-electron chi connectivity index (χ4n) is 1.27. The van der Waals surface area contributed by atoms with Gasteiger partial charge in [-0.15, -0.1) is 11.3 Å². The van der Waals surface area contributed by atoms with Gasteiger partial charge in [-0.05, 0) is 19.1 Å². The number of Topliss-reactive ketones (excluding diaryl/α,β-unsaturated/α-hetero) is 1. The van der Waals surface area contributed by atoms with Gasteiger partial charge in [-0.3, -0.25) is 9.78 Å². The molecule has 0 amide bonds. The largest absolute Gasteiger partial charge is 0.292 e. The van der Waals surface area contributed by atoms with Crippen molar-refractivity contribution in [2.75, 3.05) is 0 Å². The number of hydrogen-bond donors (Lipinski definition) is 0. The molecule has 2 aromatic heterocycles. The van der Waals surface area contributed by atoms with E-state index in [2.05, 4.69) is 9.97 Å². The number of rotatable bonds is 4. The zero-order valence-corrected chi connectivity index (χ0v) is 11.3. The second-order valence-corrected chi connectivity index (χ2v) is 5.69. The van der Waals surface area contributed by atoms with Crippen molar-refractivity contribution in [3.63, 3.8) is 0 Å². The molecule has 17 heavy (non-hydrogen) atoms. The van der Waals surface area contributed by atoms with Crippen molar-refractivity contribution in [2.45, 2.75) is 29.5 Å². The first-order valence-corrected chi connectivity index (χ1v) is 6.98. The lowest BCUT2D eigenvalue weighted by molar-refractivity contribution is 0.0983. The lowest BCUT2D eigenvalue weighted by Gasteiger charge is -1.99. The van der Waals surface area contributed by atoms with Crippen LogP contribution in [0.5, 0.6) is 0 Å². The number of hydrogen-bond acceptors (Lipinski definition) is 5. The molecule has 0 spiro atoms. The Balaban J connectivity index is 2.10. The van der Waals surface area contributed by atoms with Crippen molar-refractivity contribution in [3.8, 4) is 0 Å². The van der Waals surface area contributed by atoms with Gasteiger partial charge in [0.05, 0.1) is 0 Å². The monoisotopic (exact) mass is 264 g/mol. The van der Waals surface area contributed by atoms with Gasteiger partial charge in [0.25, 0.3) is 0 Å². The smallest absolute Gasteiger partial charge is 0.180 e. The van der Waals surface area contributed by atoms with Crippen LogP contribution in [0.25, 0.3) is 0 Å². The normalized spacial score (nSPS) is 10.5. The second-order valence-electron chi connectivity index (χ2n) is 3.51. The highest BCUT2D eigenvalue weighted by Gasteiger charge is 2.06. The Morgan fingerprint density at radius 1 is 1.47 bits per heavy atom. The van der Waals surface area contributed by atoms with Crippen LogP contribution < -0.4 is 0 Å². The Labute approximate surface area is 108 Å². The van der Waals surface area contributed by atoms with E-state index in [9.17, 15) is 4.79 Å². The minimum absolute atomic E-state index is 0.0756. The first kappa shape index (κ1) is 12.3. The molecule has 5 heteroatoms. The van der Waals surface area contributed by atoms with Crippen LogP contribution >= 0.6 is 23.1 Å². The Morgan fingerprint density at radius 3 is 2.82 bits per heavy atom. The van der Waals surface area contributed by atoms with Gasteiger partial charge < -0.3 is 0 Å². The summed E-state index contributed by atoms with van der Waals surface area (Å²) in [6.45, 7) is 3.81. The van der Waals surface area contributed by atoms with E-state index in [1.54, 1.807) is 35.4 Å². The lowest BCUT2D eigenvalue weighted by atomic mass is 10.2. The average Bonchev–Trinajstić information content (AvgIpc) is 2.75. The molecule has 0 bridgehead atoms. The second kappa shape index (κ2) is 5.42. The van der Waals surface area contributed by atoms with E-state index in [4.69, 9.17) is 0 Å². The number of aryl methyl sites for hydroxylation is 1. The van der Waals surface area contributed by atoms with Gasteiger partial charge in [0, 0.05) is 28.6 Å². The predicted octanol–water partition coefficient (Wildman–Crippen LogP) is 3.59. The molecule has 2 heterocycles. The van der Waals surface area contributed by atoms with Crippen LogP contribution in [0, 0.1) is 6.92 Å². The Bertz CT molecular complexity index is 520. The third-order valence-corrected chi connectivity index (χ3v) is 4.18. The first-order valence-electron chi connectivity index (χ1n) is 5.28. The number of thiazole rings is 1. The van der Waals surface area contributed by atoms with Crippen molar-refractivity contribution >= 4 is 28.9 Å². The molecular formula is C12H12N2OS2. The molecule has 0 unspecified atom stereocenters. The highest BCUT2D eigenvalue weighted by molar-refractivity contribution is 8.01. The fraction of sp³-hybridized carbons (Fsp3) is 0.250. The van der Waals surface area contributed by atoms with Crippen molar-refractivity contribution in [3.05, 3.63) is 35.1 Å². The van der Waals surface area contributed by atoms with Gasteiger partial charge in [0.2, 0.25) is 0 Å². The van der Waals surface area contributed by atoms with E-state index in [-0.39, 0.29) is 5.78 Å². The predicted molar refractivity (Wildman–Crippen MR) is 69.8 cm³/mol. The minimum Gasteiger partial charge on any atom is -0.292 e. The Kier molecular flexibility index (Phi) is 3.91. The van der Waals surface area contributed by atoms with Gasteiger partial charge >= 0.3 is 0 Å². The van der Waals surface area contributed by atoms with Crippen LogP contribution in [-0.4, -0.2) is 15.8 Å². The summed E-state index contributed by atoms with van der Waals surface area (Å²) >= 11 is 3.19. The van der Waals surface area contributed by atoms with E-state index in [0.29, 0.717) is 12.1 Å². The van der Waals surface area contributed by atoms with Gasteiger partial charge in [0.15, 0.2) is 10.1 Å².